The Bertz CT molecular complexity index is 106. The molecular formula is C13H29Al. The molecule has 0 heterocycles. The van der Waals surface area contributed by atoms with Crippen molar-refractivity contribution in [2.45, 2.75) is 69.7 Å². The molecule has 0 fully saturated rings. The van der Waals surface area contributed by atoms with Crippen LogP contribution < -0.4 is 0 Å². The average molecular weight is 212 g/mol. The highest BCUT2D eigenvalue weighted by Gasteiger charge is 2.16. The van der Waals surface area contributed by atoms with Crippen molar-refractivity contribution in [3.8, 4) is 0 Å². The summed E-state index contributed by atoms with van der Waals surface area (Å²) in [7, 11) is 0. The zero-order valence-electron chi connectivity index (χ0n) is 11.0. The highest BCUT2D eigenvalue weighted by Crippen LogP contribution is 2.18. The molecule has 0 saturated heterocycles. The number of hydrogen-bond acceptors (Lipinski definition) is 0. The second-order valence-electron chi connectivity index (χ2n) is 5.60. The third-order valence-corrected chi connectivity index (χ3v) is 6.69. The van der Waals surface area contributed by atoms with Gasteiger partial charge in [0.15, 0.2) is 0 Å². The van der Waals surface area contributed by atoms with Gasteiger partial charge in [0.1, 0.15) is 0 Å². The van der Waals surface area contributed by atoms with Gasteiger partial charge in [0.25, 0.3) is 14.1 Å². The molecule has 14 heavy (non-hydrogen) atoms. The fourth-order valence-corrected chi connectivity index (χ4v) is 5.94. The average Bonchev–Trinajstić information content (AvgIpc) is 2.09. The summed E-state index contributed by atoms with van der Waals surface area (Å²) in [6.45, 7) is 11.8. The van der Waals surface area contributed by atoms with Crippen LogP contribution >= 0.6 is 0 Å². The van der Waals surface area contributed by atoms with Gasteiger partial charge in [-0.15, -0.1) is 0 Å². The minimum Gasteiger partial charge on any atom is -0.0941 e. The van der Waals surface area contributed by atoms with E-state index in [1.807, 2.05) is 0 Å². The van der Waals surface area contributed by atoms with E-state index in [-0.39, 0.29) is 14.1 Å². The van der Waals surface area contributed by atoms with Gasteiger partial charge in [-0.2, -0.15) is 0 Å². The van der Waals surface area contributed by atoms with Crippen molar-refractivity contribution in [2.24, 2.45) is 11.8 Å². The molecule has 1 heteroatoms. The van der Waals surface area contributed by atoms with Crippen molar-refractivity contribution in [1.82, 2.24) is 0 Å². The van der Waals surface area contributed by atoms with Crippen LogP contribution in [0.3, 0.4) is 0 Å². The summed E-state index contributed by atoms with van der Waals surface area (Å²) >= 11 is -0.346. The molecule has 0 amide bonds. The van der Waals surface area contributed by atoms with E-state index in [9.17, 15) is 0 Å². The topological polar surface area (TPSA) is 0 Å². The Morgan fingerprint density at radius 3 is 1.50 bits per heavy atom. The van der Waals surface area contributed by atoms with E-state index < -0.39 is 0 Å². The second-order valence-corrected chi connectivity index (χ2v) is 9.06. The molecular weight excluding hydrogens is 183 g/mol. The molecule has 0 atom stereocenters. The van der Waals surface area contributed by atoms with Gasteiger partial charge in [0.05, 0.1) is 0 Å². The molecule has 0 unspecified atom stereocenters. The molecule has 0 N–H and O–H groups in total. The Hall–Kier alpha value is 0.532. The minimum absolute atomic E-state index is 0.346. The quantitative estimate of drug-likeness (QED) is 0.498. The first-order chi connectivity index (χ1) is 6.56. The zero-order chi connectivity index (χ0) is 11.0. The van der Waals surface area contributed by atoms with Crippen LogP contribution in [0.1, 0.15) is 53.9 Å². The van der Waals surface area contributed by atoms with Crippen molar-refractivity contribution >= 4 is 14.1 Å². The normalized spacial score (nSPS) is 11.4. The molecule has 0 saturated carbocycles. The third-order valence-electron chi connectivity index (χ3n) is 3.00. The lowest BCUT2D eigenvalue weighted by molar-refractivity contribution is 0.605. The van der Waals surface area contributed by atoms with Crippen molar-refractivity contribution in [3.63, 3.8) is 0 Å². The summed E-state index contributed by atoms with van der Waals surface area (Å²) in [5, 5.41) is 4.77. The summed E-state index contributed by atoms with van der Waals surface area (Å²) in [6, 6.07) is 0. The molecule has 0 rings (SSSR count). The fraction of sp³-hybridized carbons (Fsp3) is 1.00. The predicted octanol–water partition coefficient (Wildman–Crippen LogP) is 4.98. The summed E-state index contributed by atoms with van der Waals surface area (Å²) in [5.74, 6) is 1.84. The van der Waals surface area contributed by atoms with E-state index in [0.717, 1.165) is 11.8 Å². The van der Waals surface area contributed by atoms with Crippen LogP contribution in [0.2, 0.25) is 15.8 Å². The molecule has 0 radical (unpaired) electrons. The van der Waals surface area contributed by atoms with E-state index in [1.54, 1.807) is 15.8 Å². The summed E-state index contributed by atoms with van der Waals surface area (Å²) in [6.07, 6.45) is 4.39. The second kappa shape index (κ2) is 8.81. The van der Waals surface area contributed by atoms with Crippen LogP contribution in [-0.2, 0) is 0 Å². The number of hydrogen-bond donors (Lipinski definition) is 0. The SMILES string of the molecule is CC[CH2][Al]([CH2]CC(C)C)[CH2]CC(C)C. The Balaban J connectivity index is 3.65. The lowest BCUT2D eigenvalue weighted by Gasteiger charge is -2.13. The molecule has 84 valence electrons. The van der Waals surface area contributed by atoms with Crippen LogP contribution in [0.15, 0.2) is 0 Å². The predicted molar refractivity (Wildman–Crippen MR) is 69.4 cm³/mol. The van der Waals surface area contributed by atoms with Crippen molar-refractivity contribution in [3.05, 3.63) is 0 Å². The number of rotatable bonds is 8. The zero-order valence-corrected chi connectivity index (χ0v) is 12.1. The Morgan fingerprint density at radius 1 is 0.786 bits per heavy atom. The van der Waals surface area contributed by atoms with E-state index in [1.165, 1.54) is 19.3 Å². The van der Waals surface area contributed by atoms with Crippen molar-refractivity contribution < 1.29 is 0 Å². The summed E-state index contributed by atoms with van der Waals surface area (Å²) < 4.78 is 0. The third kappa shape index (κ3) is 9.10. The summed E-state index contributed by atoms with van der Waals surface area (Å²) in [5.41, 5.74) is 0. The summed E-state index contributed by atoms with van der Waals surface area (Å²) in [4.78, 5) is 0. The van der Waals surface area contributed by atoms with Gasteiger partial charge in [0.2, 0.25) is 0 Å². The van der Waals surface area contributed by atoms with E-state index in [0.29, 0.717) is 0 Å². The van der Waals surface area contributed by atoms with E-state index in [4.69, 9.17) is 0 Å². The van der Waals surface area contributed by atoms with Gasteiger partial charge < -0.3 is 0 Å². The van der Waals surface area contributed by atoms with Crippen LogP contribution in [0.4, 0.5) is 0 Å². The molecule has 0 nitrogen and oxygen atoms in total. The van der Waals surface area contributed by atoms with Crippen molar-refractivity contribution in [2.75, 3.05) is 0 Å². The molecule has 0 aromatic carbocycles. The van der Waals surface area contributed by atoms with Gasteiger partial charge >= 0.3 is 0 Å². The molecule has 0 aliphatic rings. The van der Waals surface area contributed by atoms with Gasteiger partial charge in [0, 0.05) is 0 Å². The van der Waals surface area contributed by atoms with E-state index >= 15 is 0 Å². The molecule has 0 bridgehead atoms. The van der Waals surface area contributed by atoms with Crippen molar-refractivity contribution in [1.29, 1.82) is 0 Å². The van der Waals surface area contributed by atoms with E-state index in [2.05, 4.69) is 34.6 Å². The first-order valence-electron chi connectivity index (χ1n) is 6.56. The van der Waals surface area contributed by atoms with Crippen LogP contribution in [0.25, 0.3) is 0 Å². The van der Waals surface area contributed by atoms with Gasteiger partial charge in [-0.25, -0.2) is 0 Å². The Labute approximate surface area is 95.9 Å². The maximum absolute atomic E-state index is 2.36. The smallest absolute Gasteiger partial charge is 0.0941 e. The Morgan fingerprint density at radius 2 is 1.21 bits per heavy atom. The van der Waals surface area contributed by atoms with Crippen LogP contribution in [0.5, 0.6) is 0 Å². The molecule has 0 aromatic rings. The lowest BCUT2D eigenvalue weighted by Crippen LogP contribution is -2.13. The van der Waals surface area contributed by atoms with Crippen LogP contribution in [-0.4, -0.2) is 14.1 Å². The first kappa shape index (κ1) is 14.5. The monoisotopic (exact) mass is 212 g/mol. The van der Waals surface area contributed by atoms with Gasteiger partial charge in [-0.1, -0.05) is 69.7 Å². The standard InChI is InChI=1S/2C5H11.C3H7.Al/c2*1-4-5(2)3;1-3-2;/h2*5H,1,4H2,2-3H3;1,3H2,2H3;. The maximum atomic E-state index is 2.36. The molecule has 0 aliphatic heterocycles. The molecule has 0 aliphatic carbocycles. The highest BCUT2D eigenvalue weighted by molar-refractivity contribution is 6.58. The van der Waals surface area contributed by atoms with Gasteiger partial charge in [-0.3, -0.25) is 0 Å². The first-order valence-corrected chi connectivity index (χ1v) is 9.01. The molecule has 0 aromatic heterocycles. The highest BCUT2D eigenvalue weighted by atomic mass is 27.2. The largest absolute Gasteiger partial charge is 0.261 e. The maximum Gasteiger partial charge on any atom is 0.261 e. The van der Waals surface area contributed by atoms with Crippen LogP contribution in [0, 0.1) is 11.8 Å². The lowest BCUT2D eigenvalue weighted by atomic mass is 10.2. The fourth-order valence-electron chi connectivity index (χ4n) is 1.98. The molecule has 0 spiro atoms. The Kier molecular flexibility index (Phi) is 9.14. The van der Waals surface area contributed by atoms with Gasteiger partial charge in [-0.05, 0) is 11.8 Å². The minimum atomic E-state index is -0.346.